The first-order chi connectivity index (χ1) is 14.3. The number of imidazole rings is 1. The number of anilines is 1. The zero-order valence-electron chi connectivity index (χ0n) is 16.9. The fourth-order valence-electron chi connectivity index (χ4n) is 2.73. The van der Waals surface area contributed by atoms with E-state index in [-0.39, 0.29) is 12.6 Å². The van der Waals surface area contributed by atoms with E-state index >= 15 is 0 Å². The Hall–Kier alpha value is -1.55. The van der Waals surface area contributed by atoms with Crippen LogP contribution in [-0.2, 0) is 24.9 Å². The summed E-state index contributed by atoms with van der Waals surface area (Å²) in [5, 5.41) is 0. The van der Waals surface area contributed by atoms with Crippen molar-refractivity contribution >= 4 is 32.7 Å². The van der Waals surface area contributed by atoms with Crippen LogP contribution in [0.3, 0.4) is 0 Å². The highest BCUT2D eigenvalue weighted by atomic mass is 31.2. The lowest BCUT2D eigenvalue weighted by atomic mass is 10.1. The normalized spacial score (nSPS) is 13.0. The average molecular weight is 465 g/mol. The number of hydrogen-bond acceptors (Lipinski definition) is 9. The van der Waals surface area contributed by atoms with Gasteiger partial charge in [0.15, 0.2) is 11.2 Å². The molecule has 0 aromatic carbocycles. The Labute approximate surface area is 175 Å². The van der Waals surface area contributed by atoms with E-state index in [1.807, 2.05) is 4.57 Å². The number of rotatable bonds is 15. The fourth-order valence-corrected chi connectivity index (χ4v) is 4.82. The second-order valence-electron chi connectivity index (χ2n) is 6.65. The molecule has 30 heavy (non-hydrogen) atoms. The summed E-state index contributed by atoms with van der Waals surface area (Å²) in [6.07, 6.45) is 6.09. The Morgan fingerprint density at radius 3 is 2.60 bits per heavy atom. The third-order valence-electron chi connectivity index (χ3n) is 4.12. The molecule has 170 valence electrons. The third kappa shape index (κ3) is 8.67. The van der Waals surface area contributed by atoms with Gasteiger partial charge in [0.1, 0.15) is 12.5 Å². The standard InChI is InChI=1S/C16H29N5O7P2/c1-26-9-10-27-15-13-14(19-16(17)20-15)21(11-18-13)7-5-3-2-4-6-8-28-29(22)12-30(23,24)25/h11,29H,2-10,12H2,1H3,(H2,17,19,20)(H2,23,24,25). The molecule has 0 amide bonds. The molecule has 0 radical (unpaired) electrons. The van der Waals surface area contributed by atoms with Crippen LogP contribution in [0, 0.1) is 0 Å². The van der Waals surface area contributed by atoms with Crippen LogP contribution in [0.25, 0.3) is 11.2 Å². The number of methoxy groups -OCH3 is 1. The Morgan fingerprint density at radius 2 is 1.87 bits per heavy atom. The molecular weight excluding hydrogens is 436 g/mol. The smallest absolute Gasteiger partial charge is 0.334 e. The van der Waals surface area contributed by atoms with Crippen LogP contribution in [0.2, 0.25) is 0 Å². The molecule has 2 aromatic rings. The van der Waals surface area contributed by atoms with Crippen LogP contribution in [0.5, 0.6) is 5.88 Å². The number of hydrogen-bond donors (Lipinski definition) is 3. The van der Waals surface area contributed by atoms with Crippen molar-refractivity contribution in [2.45, 2.75) is 38.6 Å². The highest BCUT2D eigenvalue weighted by Crippen LogP contribution is 2.45. The summed E-state index contributed by atoms with van der Waals surface area (Å²) in [5.74, 6) is -0.231. The van der Waals surface area contributed by atoms with Crippen LogP contribution in [-0.4, -0.2) is 62.1 Å². The summed E-state index contributed by atoms with van der Waals surface area (Å²) >= 11 is 0. The van der Waals surface area contributed by atoms with Crippen LogP contribution < -0.4 is 10.5 Å². The van der Waals surface area contributed by atoms with Crippen molar-refractivity contribution in [3.63, 3.8) is 0 Å². The lowest BCUT2D eigenvalue weighted by Gasteiger charge is -2.07. The molecule has 12 nitrogen and oxygen atoms in total. The van der Waals surface area contributed by atoms with E-state index in [9.17, 15) is 9.13 Å². The fraction of sp³-hybridized carbons (Fsp3) is 0.688. The van der Waals surface area contributed by atoms with E-state index in [1.165, 1.54) is 0 Å². The van der Waals surface area contributed by atoms with Gasteiger partial charge in [-0.3, -0.25) is 9.13 Å². The van der Waals surface area contributed by atoms with Crippen molar-refractivity contribution in [1.82, 2.24) is 19.5 Å². The molecule has 1 atom stereocenters. The second-order valence-corrected chi connectivity index (χ2v) is 10.3. The Balaban J connectivity index is 1.70. The summed E-state index contributed by atoms with van der Waals surface area (Å²) in [5.41, 5.74) is 6.97. The number of nitrogen functional groups attached to an aromatic ring is 1. The van der Waals surface area contributed by atoms with Gasteiger partial charge in [-0.25, -0.2) is 4.98 Å². The van der Waals surface area contributed by atoms with Gasteiger partial charge in [0.05, 0.1) is 19.5 Å². The maximum Gasteiger partial charge on any atom is 0.334 e. The lowest BCUT2D eigenvalue weighted by molar-refractivity contribution is 0.144. The molecule has 2 aromatic heterocycles. The number of nitrogens with two attached hydrogens (primary N) is 1. The van der Waals surface area contributed by atoms with Crippen molar-refractivity contribution in [3.8, 4) is 5.88 Å². The van der Waals surface area contributed by atoms with Crippen LogP contribution in [0.15, 0.2) is 6.33 Å². The first-order valence-corrected chi connectivity index (χ1v) is 12.9. The second kappa shape index (κ2) is 12.3. The highest BCUT2D eigenvalue weighted by Gasteiger charge is 2.17. The summed E-state index contributed by atoms with van der Waals surface area (Å²) in [7, 11) is -5.36. The maximum absolute atomic E-state index is 11.4. The molecule has 2 heterocycles. The number of nitrogens with zero attached hydrogens (tertiary/aromatic N) is 4. The van der Waals surface area contributed by atoms with Crippen molar-refractivity contribution in [2.75, 3.05) is 38.6 Å². The van der Waals surface area contributed by atoms with Gasteiger partial charge in [0.25, 0.3) is 0 Å². The largest absolute Gasteiger partial charge is 0.474 e. The quantitative estimate of drug-likeness (QED) is 0.259. The van der Waals surface area contributed by atoms with Gasteiger partial charge in [0.2, 0.25) is 19.9 Å². The van der Waals surface area contributed by atoms with Crippen LogP contribution in [0.1, 0.15) is 32.1 Å². The number of fused-ring (bicyclic) bond motifs is 1. The summed E-state index contributed by atoms with van der Waals surface area (Å²) < 4.78 is 39.5. The van der Waals surface area contributed by atoms with Gasteiger partial charge in [-0.2, -0.15) is 9.97 Å². The van der Waals surface area contributed by atoms with E-state index in [4.69, 9.17) is 29.5 Å². The molecule has 0 saturated carbocycles. The number of aryl methyl sites for hydroxylation is 1. The molecule has 2 rings (SSSR count). The van der Waals surface area contributed by atoms with Gasteiger partial charge in [-0.05, 0) is 12.8 Å². The van der Waals surface area contributed by atoms with E-state index in [0.29, 0.717) is 36.7 Å². The van der Waals surface area contributed by atoms with Crippen molar-refractivity contribution in [1.29, 1.82) is 0 Å². The SMILES string of the molecule is COCCOc1nc(N)nc2c1ncn2CCCCCCCO[PH](=O)CP(=O)(O)O. The monoisotopic (exact) mass is 465 g/mol. The molecule has 0 aliphatic rings. The van der Waals surface area contributed by atoms with Crippen LogP contribution in [0.4, 0.5) is 5.95 Å². The first-order valence-electron chi connectivity index (χ1n) is 9.60. The zero-order chi connectivity index (χ0) is 22.0. The molecule has 0 spiro atoms. The molecule has 1 unspecified atom stereocenters. The zero-order valence-corrected chi connectivity index (χ0v) is 18.8. The Bertz CT molecular complexity index is 873. The number of ether oxygens (including phenoxy) is 2. The number of aromatic nitrogens is 4. The minimum Gasteiger partial charge on any atom is -0.474 e. The molecule has 0 aliphatic heterocycles. The van der Waals surface area contributed by atoms with Crippen molar-refractivity contribution in [2.24, 2.45) is 0 Å². The topological polar surface area (TPSA) is 172 Å². The predicted molar refractivity (Wildman–Crippen MR) is 112 cm³/mol. The van der Waals surface area contributed by atoms with Gasteiger partial charge >= 0.3 is 7.60 Å². The summed E-state index contributed by atoms with van der Waals surface area (Å²) in [4.78, 5) is 30.2. The van der Waals surface area contributed by atoms with Gasteiger partial charge in [-0.15, -0.1) is 0 Å². The maximum atomic E-state index is 11.4. The molecule has 0 bridgehead atoms. The average Bonchev–Trinajstić information content (AvgIpc) is 3.05. The molecular formula is C16H29N5O7P2. The van der Waals surface area contributed by atoms with E-state index in [0.717, 1.165) is 32.2 Å². The Kier molecular flexibility index (Phi) is 10.2. The highest BCUT2D eigenvalue weighted by molar-refractivity contribution is 7.64. The van der Waals surface area contributed by atoms with Gasteiger partial charge < -0.3 is 34.1 Å². The van der Waals surface area contributed by atoms with E-state index < -0.39 is 21.5 Å². The van der Waals surface area contributed by atoms with Gasteiger partial charge in [0, 0.05) is 13.7 Å². The van der Waals surface area contributed by atoms with Crippen molar-refractivity contribution in [3.05, 3.63) is 6.33 Å². The number of unbranched alkanes of at least 4 members (excludes halogenated alkanes) is 4. The minimum absolute atomic E-state index is 0.120. The Morgan fingerprint density at radius 1 is 1.13 bits per heavy atom. The van der Waals surface area contributed by atoms with E-state index in [1.54, 1.807) is 13.4 Å². The molecule has 0 aliphatic carbocycles. The van der Waals surface area contributed by atoms with Gasteiger partial charge in [-0.1, -0.05) is 19.3 Å². The minimum atomic E-state index is -4.28. The van der Waals surface area contributed by atoms with E-state index in [2.05, 4.69) is 15.0 Å². The molecule has 0 fully saturated rings. The molecule has 0 saturated heterocycles. The summed E-state index contributed by atoms with van der Waals surface area (Å²) in [6.45, 7) is 1.73. The third-order valence-corrected chi connectivity index (χ3v) is 7.32. The molecule has 14 heteroatoms. The molecule has 4 N–H and O–H groups in total. The first kappa shape index (κ1) is 24.7. The predicted octanol–water partition coefficient (Wildman–Crippen LogP) is 2.01. The summed E-state index contributed by atoms with van der Waals surface area (Å²) in [6, 6.07) is 0. The lowest BCUT2D eigenvalue weighted by Crippen LogP contribution is -2.08. The van der Waals surface area contributed by atoms with Crippen molar-refractivity contribution < 1.29 is 32.9 Å². The van der Waals surface area contributed by atoms with Crippen LogP contribution >= 0.6 is 15.6 Å².